The summed E-state index contributed by atoms with van der Waals surface area (Å²) < 4.78 is 9.69. The highest BCUT2D eigenvalue weighted by Gasteiger charge is 2.10. The molecule has 0 aliphatic rings. The molecule has 1 rings (SSSR count). The second kappa shape index (κ2) is 9.29. The Balaban J connectivity index is 2.70. The summed E-state index contributed by atoms with van der Waals surface area (Å²) in [6.45, 7) is 4.19. The Morgan fingerprint density at radius 2 is 1.82 bits per heavy atom. The van der Waals surface area contributed by atoms with Gasteiger partial charge in [-0.1, -0.05) is 5.92 Å². The molecule has 4 nitrogen and oxygen atoms in total. The van der Waals surface area contributed by atoms with E-state index in [1.165, 1.54) is 25.2 Å². The minimum atomic E-state index is -0.819. The molecule has 0 amide bonds. The molecule has 1 aromatic heterocycles. The molecule has 0 aliphatic carbocycles. The molecule has 0 saturated carbocycles. The number of rotatable bonds is 3. The second-order valence-electron chi connectivity index (χ2n) is 3.96. The van der Waals surface area contributed by atoms with Gasteiger partial charge in [0.05, 0.1) is 9.75 Å². The van der Waals surface area contributed by atoms with E-state index in [-0.39, 0.29) is 6.61 Å². The summed E-state index contributed by atoms with van der Waals surface area (Å²) in [6.07, 6.45) is -0.819. The first-order valence-corrected chi connectivity index (χ1v) is 7.17. The van der Waals surface area contributed by atoms with Gasteiger partial charge in [-0.2, -0.15) is 0 Å². The van der Waals surface area contributed by atoms with Gasteiger partial charge >= 0.3 is 11.9 Å². The van der Waals surface area contributed by atoms with Gasteiger partial charge in [-0.15, -0.1) is 17.3 Å². The van der Waals surface area contributed by atoms with Gasteiger partial charge in [-0.05, 0) is 42.7 Å². The summed E-state index contributed by atoms with van der Waals surface area (Å²) in [5.74, 6) is 15.6. The predicted octanol–water partition coefficient (Wildman–Crippen LogP) is 1.97. The van der Waals surface area contributed by atoms with Crippen molar-refractivity contribution < 1.29 is 19.1 Å². The Hall–Kier alpha value is -2.68. The van der Waals surface area contributed by atoms with E-state index in [9.17, 15) is 9.59 Å². The van der Waals surface area contributed by atoms with Crippen LogP contribution in [0.15, 0.2) is 12.1 Å². The quantitative estimate of drug-likeness (QED) is 0.632. The fraction of sp³-hybridized carbons (Fsp3) is 0.294. The Morgan fingerprint density at radius 3 is 2.41 bits per heavy atom. The topological polar surface area (TPSA) is 52.6 Å². The fourth-order valence-electron chi connectivity index (χ4n) is 1.30. The van der Waals surface area contributed by atoms with Crippen molar-refractivity contribution in [3.63, 3.8) is 0 Å². The van der Waals surface area contributed by atoms with E-state index in [0.717, 1.165) is 9.75 Å². The SMILES string of the molecule is CC#Cc1ccc(C#CC#CC(COC(C)=O)OC(C)=O)s1. The molecule has 1 aromatic rings. The van der Waals surface area contributed by atoms with E-state index in [1.807, 2.05) is 12.1 Å². The minimum absolute atomic E-state index is 0.112. The summed E-state index contributed by atoms with van der Waals surface area (Å²) >= 11 is 1.47. The van der Waals surface area contributed by atoms with E-state index >= 15 is 0 Å². The Labute approximate surface area is 133 Å². The van der Waals surface area contributed by atoms with Crippen LogP contribution in [0.25, 0.3) is 0 Å². The van der Waals surface area contributed by atoms with Crippen LogP contribution in [-0.2, 0) is 19.1 Å². The Morgan fingerprint density at radius 1 is 1.14 bits per heavy atom. The first-order valence-electron chi connectivity index (χ1n) is 6.36. The second-order valence-corrected chi connectivity index (χ2v) is 5.04. The lowest BCUT2D eigenvalue weighted by Gasteiger charge is -2.09. The normalized spacial score (nSPS) is 9.77. The van der Waals surface area contributed by atoms with Gasteiger partial charge in [0, 0.05) is 13.8 Å². The van der Waals surface area contributed by atoms with Crippen LogP contribution < -0.4 is 0 Å². The maximum Gasteiger partial charge on any atom is 0.303 e. The third-order valence-electron chi connectivity index (χ3n) is 2.08. The zero-order valence-corrected chi connectivity index (χ0v) is 13.3. The van der Waals surface area contributed by atoms with Crippen LogP contribution in [0.5, 0.6) is 0 Å². The highest BCUT2D eigenvalue weighted by molar-refractivity contribution is 7.13. The van der Waals surface area contributed by atoms with Crippen molar-refractivity contribution in [2.75, 3.05) is 6.61 Å². The van der Waals surface area contributed by atoms with Gasteiger partial charge in [0.1, 0.15) is 6.61 Å². The largest absolute Gasteiger partial charge is 0.461 e. The highest BCUT2D eigenvalue weighted by Crippen LogP contribution is 2.13. The molecule has 0 bridgehead atoms. The zero-order chi connectivity index (χ0) is 16.4. The maximum atomic E-state index is 10.9. The molecule has 0 N–H and O–H groups in total. The number of thiophene rings is 1. The molecule has 22 heavy (non-hydrogen) atoms. The standard InChI is InChI=1S/C17H14O4S/c1-4-7-16-10-11-17(22-16)9-6-5-8-15(21-14(3)19)12-20-13(2)18/h10-11,15H,12H2,1-3H3. The zero-order valence-electron chi connectivity index (χ0n) is 12.5. The van der Waals surface area contributed by atoms with Crippen molar-refractivity contribution in [1.29, 1.82) is 0 Å². The molecule has 1 heterocycles. The highest BCUT2D eigenvalue weighted by atomic mass is 32.1. The van der Waals surface area contributed by atoms with Gasteiger partial charge < -0.3 is 9.47 Å². The number of carbonyl (C=O) groups excluding carboxylic acids is 2. The van der Waals surface area contributed by atoms with Crippen LogP contribution in [-0.4, -0.2) is 24.6 Å². The van der Waals surface area contributed by atoms with E-state index < -0.39 is 18.0 Å². The first kappa shape index (κ1) is 17.4. The van der Waals surface area contributed by atoms with Crippen LogP contribution in [0.2, 0.25) is 0 Å². The molecule has 5 heteroatoms. The number of esters is 2. The molecule has 0 radical (unpaired) electrons. The minimum Gasteiger partial charge on any atom is -0.461 e. The van der Waals surface area contributed by atoms with Crippen molar-refractivity contribution in [3.8, 4) is 35.5 Å². The van der Waals surface area contributed by atoms with Gasteiger partial charge in [0.15, 0.2) is 6.10 Å². The molecule has 0 saturated heterocycles. The van der Waals surface area contributed by atoms with Gasteiger partial charge in [-0.3, -0.25) is 9.59 Å². The van der Waals surface area contributed by atoms with E-state index in [4.69, 9.17) is 9.47 Å². The summed E-state index contributed by atoms with van der Waals surface area (Å²) in [4.78, 5) is 23.5. The molecule has 1 atom stereocenters. The molecule has 0 aromatic carbocycles. The van der Waals surface area contributed by atoms with Crippen molar-refractivity contribution >= 4 is 23.3 Å². The van der Waals surface area contributed by atoms with Crippen molar-refractivity contribution in [2.45, 2.75) is 26.9 Å². The molecule has 0 spiro atoms. The average molecular weight is 314 g/mol. The first-order chi connectivity index (χ1) is 10.5. The van der Waals surface area contributed by atoms with E-state index in [2.05, 4.69) is 35.5 Å². The van der Waals surface area contributed by atoms with Crippen LogP contribution in [0.1, 0.15) is 30.5 Å². The third-order valence-corrected chi connectivity index (χ3v) is 3.00. The molecular formula is C17H14O4S. The fourth-order valence-corrected chi connectivity index (χ4v) is 2.07. The molecule has 1 unspecified atom stereocenters. The van der Waals surface area contributed by atoms with Crippen molar-refractivity contribution in [1.82, 2.24) is 0 Å². The lowest BCUT2D eigenvalue weighted by atomic mass is 10.3. The van der Waals surface area contributed by atoms with Crippen molar-refractivity contribution in [2.24, 2.45) is 0 Å². The van der Waals surface area contributed by atoms with E-state index in [1.54, 1.807) is 6.92 Å². The molecule has 112 valence electrons. The smallest absolute Gasteiger partial charge is 0.303 e. The predicted molar refractivity (Wildman–Crippen MR) is 83.7 cm³/mol. The Kier molecular flexibility index (Phi) is 7.34. The van der Waals surface area contributed by atoms with Crippen LogP contribution in [0.3, 0.4) is 0 Å². The number of ether oxygens (including phenoxy) is 2. The summed E-state index contributed by atoms with van der Waals surface area (Å²) in [5, 5.41) is 0. The lowest BCUT2D eigenvalue weighted by Crippen LogP contribution is -2.21. The number of hydrogen-bond donors (Lipinski definition) is 0. The van der Waals surface area contributed by atoms with Gasteiger partial charge in [0.25, 0.3) is 0 Å². The van der Waals surface area contributed by atoms with Gasteiger partial charge in [-0.25, -0.2) is 0 Å². The number of carbonyl (C=O) groups is 2. The maximum absolute atomic E-state index is 10.9. The monoisotopic (exact) mass is 314 g/mol. The lowest BCUT2D eigenvalue weighted by molar-refractivity contribution is -0.152. The summed E-state index contributed by atoms with van der Waals surface area (Å²) in [7, 11) is 0. The summed E-state index contributed by atoms with van der Waals surface area (Å²) in [5.41, 5.74) is 0. The molecule has 0 fully saturated rings. The van der Waals surface area contributed by atoms with Crippen molar-refractivity contribution in [3.05, 3.63) is 21.9 Å². The summed E-state index contributed by atoms with van der Waals surface area (Å²) in [6, 6.07) is 3.75. The average Bonchev–Trinajstić information content (AvgIpc) is 2.88. The van der Waals surface area contributed by atoms with Crippen LogP contribution >= 0.6 is 11.3 Å². The van der Waals surface area contributed by atoms with Crippen LogP contribution in [0, 0.1) is 35.5 Å². The molecule has 0 aliphatic heterocycles. The van der Waals surface area contributed by atoms with Gasteiger partial charge in [0.2, 0.25) is 0 Å². The number of hydrogen-bond acceptors (Lipinski definition) is 5. The Bertz CT molecular complexity index is 726. The van der Waals surface area contributed by atoms with Crippen LogP contribution in [0.4, 0.5) is 0 Å². The van der Waals surface area contributed by atoms with E-state index in [0.29, 0.717) is 0 Å². The third kappa shape index (κ3) is 7.20. The molecular weight excluding hydrogens is 300 g/mol.